The van der Waals surface area contributed by atoms with Crippen molar-refractivity contribution in [3.05, 3.63) is 29.8 Å². The van der Waals surface area contributed by atoms with Crippen LogP contribution in [0.25, 0.3) is 0 Å². The average Bonchev–Trinajstić information content (AvgIpc) is 3.09. The second-order valence-electron chi connectivity index (χ2n) is 4.95. The molecule has 18 heavy (non-hydrogen) atoms. The topological polar surface area (TPSA) is 49.4 Å². The molecule has 0 bridgehead atoms. The van der Waals surface area contributed by atoms with Crippen LogP contribution in [0.15, 0.2) is 24.3 Å². The van der Waals surface area contributed by atoms with E-state index in [0.717, 1.165) is 31.5 Å². The summed E-state index contributed by atoms with van der Waals surface area (Å²) in [5, 5.41) is 2.96. The molecule has 2 amide bonds. The number of hydrogen-bond acceptors (Lipinski definition) is 2. The van der Waals surface area contributed by atoms with Gasteiger partial charge in [0.05, 0.1) is 0 Å². The van der Waals surface area contributed by atoms with E-state index in [9.17, 15) is 9.59 Å². The molecular weight excluding hydrogens is 228 g/mol. The van der Waals surface area contributed by atoms with E-state index < -0.39 is 0 Å². The summed E-state index contributed by atoms with van der Waals surface area (Å²) < 4.78 is 0. The van der Waals surface area contributed by atoms with Crippen LogP contribution in [0.1, 0.15) is 36.0 Å². The Hall–Kier alpha value is -1.84. The first-order valence-electron chi connectivity index (χ1n) is 6.45. The number of carbonyl (C=O) groups excluding carboxylic acids is 2. The van der Waals surface area contributed by atoms with E-state index in [1.54, 1.807) is 17.0 Å². The Bertz CT molecular complexity index is 494. The largest absolute Gasteiger partial charge is 0.349 e. The summed E-state index contributed by atoms with van der Waals surface area (Å²) in [7, 11) is 0. The van der Waals surface area contributed by atoms with Crippen LogP contribution < -0.4 is 10.2 Å². The number of hydrogen-bond donors (Lipinski definition) is 1. The van der Waals surface area contributed by atoms with Crippen molar-refractivity contribution >= 4 is 17.5 Å². The maximum Gasteiger partial charge on any atom is 0.251 e. The summed E-state index contributed by atoms with van der Waals surface area (Å²) >= 11 is 0. The maximum atomic E-state index is 11.9. The molecule has 1 N–H and O–H groups in total. The van der Waals surface area contributed by atoms with Crippen LogP contribution in [0, 0.1) is 0 Å². The number of nitrogens with one attached hydrogen (secondary N) is 1. The summed E-state index contributed by atoms with van der Waals surface area (Å²) in [6.07, 6.45) is 3.67. The molecule has 1 aliphatic carbocycles. The van der Waals surface area contributed by atoms with Gasteiger partial charge in [-0.15, -0.1) is 0 Å². The van der Waals surface area contributed by atoms with Gasteiger partial charge in [0.1, 0.15) is 0 Å². The highest BCUT2D eigenvalue weighted by atomic mass is 16.2. The molecular formula is C14H16N2O2. The van der Waals surface area contributed by atoms with Crippen molar-refractivity contribution in [2.45, 2.75) is 31.7 Å². The molecule has 2 aliphatic rings. The first-order valence-corrected chi connectivity index (χ1v) is 6.45. The van der Waals surface area contributed by atoms with Crippen LogP contribution in [0.3, 0.4) is 0 Å². The third-order valence-corrected chi connectivity index (χ3v) is 3.41. The predicted octanol–water partition coefficient (Wildman–Crippen LogP) is 1.71. The lowest BCUT2D eigenvalue weighted by molar-refractivity contribution is -0.117. The monoisotopic (exact) mass is 244 g/mol. The highest BCUT2D eigenvalue weighted by Gasteiger charge is 2.25. The molecule has 0 unspecified atom stereocenters. The van der Waals surface area contributed by atoms with Gasteiger partial charge in [-0.05, 0) is 37.5 Å². The molecule has 3 rings (SSSR count). The first-order chi connectivity index (χ1) is 8.74. The van der Waals surface area contributed by atoms with E-state index in [4.69, 9.17) is 0 Å². The van der Waals surface area contributed by atoms with Gasteiger partial charge in [-0.3, -0.25) is 9.59 Å². The highest BCUT2D eigenvalue weighted by Crippen LogP contribution is 2.23. The summed E-state index contributed by atoms with van der Waals surface area (Å²) in [5.74, 6) is 0.112. The number of anilines is 1. The number of rotatable bonds is 3. The molecule has 1 aromatic carbocycles. The number of carbonyl (C=O) groups is 2. The molecule has 1 saturated carbocycles. The third kappa shape index (κ3) is 2.23. The third-order valence-electron chi connectivity index (χ3n) is 3.41. The molecule has 1 heterocycles. The molecule has 2 fully saturated rings. The van der Waals surface area contributed by atoms with Crippen LogP contribution in [0.5, 0.6) is 0 Å². The summed E-state index contributed by atoms with van der Waals surface area (Å²) in [6, 6.07) is 7.68. The normalized spacial score (nSPS) is 19.1. The van der Waals surface area contributed by atoms with E-state index in [2.05, 4.69) is 5.32 Å². The van der Waals surface area contributed by atoms with Gasteiger partial charge in [-0.25, -0.2) is 0 Å². The Balaban J connectivity index is 1.79. The Morgan fingerprint density at radius 2 is 2.17 bits per heavy atom. The van der Waals surface area contributed by atoms with E-state index in [0.29, 0.717) is 18.0 Å². The van der Waals surface area contributed by atoms with Crippen LogP contribution >= 0.6 is 0 Å². The molecule has 1 aromatic rings. The maximum absolute atomic E-state index is 11.9. The minimum atomic E-state index is -0.0361. The SMILES string of the molecule is O=C(NC1CC1)c1cccc(N2CCCC2=O)c1. The summed E-state index contributed by atoms with van der Waals surface area (Å²) in [6.45, 7) is 0.756. The van der Waals surface area contributed by atoms with Gasteiger partial charge in [0.15, 0.2) is 0 Å². The lowest BCUT2D eigenvalue weighted by atomic mass is 10.1. The van der Waals surface area contributed by atoms with Gasteiger partial charge in [-0.1, -0.05) is 6.07 Å². The number of amides is 2. The second-order valence-corrected chi connectivity index (χ2v) is 4.95. The van der Waals surface area contributed by atoms with Crippen molar-refractivity contribution in [1.82, 2.24) is 5.32 Å². The molecule has 1 aliphatic heterocycles. The van der Waals surface area contributed by atoms with Gasteiger partial charge < -0.3 is 10.2 Å². The number of benzene rings is 1. The zero-order valence-corrected chi connectivity index (χ0v) is 10.2. The number of nitrogens with zero attached hydrogens (tertiary/aromatic N) is 1. The van der Waals surface area contributed by atoms with E-state index in [-0.39, 0.29) is 11.8 Å². The van der Waals surface area contributed by atoms with Crippen molar-refractivity contribution in [2.75, 3.05) is 11.4 Å². The van der Waals surface area contributed by atoms with Gasteiger partial charge in [0, 0.05) is 30.3 Å². The molecule has 4 nitrogen and oxygen atoms in total. The van der Waals surface area contributed by atoms with Crippen molar-refractivity contribution in [1.29, 1.82) is 0 Å². The van der Waals surface area contributed by atoms with Crippen LogP contribution in [-0.2, 0) is 4.79 Å². The van der Waals surface area contributed by atoms with E-state index >= 15 is 0 Å². The van der Waals surface area contributed by atoms with Gasteiger partial charge in [0.2, 0.25) is 5.91 Å². The van der Waals surface area contributed by atoms with Crippen molar-refractivity contribution in [2.24, 2.45) is 0 Å². The quantitative estimate of drug-likeness (QED) is 0.880. The zero-order valence-electron chi connectivity index (χ0n) is 10.2. The average molecular weight is 244 g/mol. The molecule has 4 heteroatoms. The van der Waals surface area contributed by atoms with Crippen LogP contribution in [0.4, 0.5) is 5.69 Å². The molecule has 0 atom stereocenters. The molecule has 0 aromatic heterocycles. The van der Waals surface area contributed by atoms with E-state index in [1.807, 2.05) is 12.1 Å². The fourth-order valence-electron chi connectivity index (χ4n) is 2.23. The molecule has 1 saturated heterocycles. The van der Waals surface area contributed by atoms with Crippen LogP contribution in [0.2, 0.25) is 0 Å². The lowest BCUT2D eigenvalue weighted by Crippen LogP contribution is -2.27. The van der Waals surface area contributed by atoms with Crippen molar-refractivity contribution in [3.63, 3.8) is 0 Å². The smallest absolute Gasteiger partial charge is 0.251 e. The first kappa shape index (κ1) is 11.3. The summed E-state index contributed by atoms with van der Waals surface area (Å²) in [5.41, 5.74) is 1.47. The standard InChI is InChI=1S/C14H16N2O2/c17-13-5-2-8-16(13)12-4-1-3-10(9-12)14(18)15-11-6-7-11/h1,3-4,9,11H,2,5-8H2,(H,15,18). The van der Waals surface area contributed by atoms with Gasteiger partial charge in [-0.2, -0.15) is 0 Å². The van der Waals surface area contributed by atoms with Crippen molar-refractivity contribution < 1.29 is 9.59 Å². The minimum absolute atomic E-state index is 0.0361. The van der Waals surface area contributed by atoms with E-state index in [1.165, 1.54) is 0 Å². The Labute approximate surface area is 106 Å². The van der Waals surface area contributed by atoms with Gasteiger partial charge in [0.25, 0.3) is 5.91 Å². The summed E-state index contributed by atoms with van der Waals surface area (Å²) in [4.78, 5) is 25.4. The fraction of sp³-hybridized carbons (Fsp3) is 0.429. The molecule has 0 spiro atoms. The Morgan fingerprint density at radius 3 is 2.83 bits per heavy atom. The second kappa shape index (κ2) is 4.44. The molecule has 94 valence electrons. The minimum Gasteiger partial charge on any atom is -0.349 e. The zero-order chi connectivity index (χ0) is 12.5. The highest BCUT2D eigenvalue weighted by molar-refractivity contribution is 5.99. The van der Waals surface area contributed by atoms with Crippen molar-refractivity contribution in [3.8, 4) is 0 Å². The molecule has 0 radical (unpaired) electrons. The fourth-order valence-corrected chi connectivity index (χ4v) is 2.23. The van der Waals surface area contributed by atoms with Gasteiger partial charge >= 0.3 is 0 Å². The lowest BCUT2D eigenvalue weighted by Gasteiger charge is -2.16. The Kier molecular flexibility index (Phi) is 2.78. The predicted molar refractivity (Wildman–Crippen MR) is 68.5 cm³/mol. The van der Waals surface area contributed by atoms with Crippen LogP contribution in [-0.4, -0.2) is 24.4 Å². The Morgan fingerprint density at radius 1 is 1.33 bits per heavy atom.